The molecule has 6 rings (SSSR count). The number of aromatic nitrogens is 4. The topological polar surface area (TPSA) is 100 Å². The molecule has 0 bridgehead atoms. The molecule has 2 aromatic heterocycles. The van der Waals surface area contributed by atoms with Crippen molar-refractivity contribution in [1.29, 1.82) is 0 Å². The Morgan fingerprint density at radius 1 is 0.976 bits per heavy atom. The monoisotopic (exact) mass is 568 g/mol. The quantitative estimate of drug-likeness (QED) is 0.444. The van der Waals surface area contributed by atoms with E-state index in [4.69, 9.17) is 14.7 Å². The molecule has 2 N–H and O–H groups in total. The van der Waals surface area contributed by atoms with Crippen LogP contribution in [0.1, 0.15) is 56.3 Å². The van der Waals surface area contributed by atoms with Crippen molar-refractivity contribution in [2.24, 2.45) is 0 Å². The molecule has 2 aliphatic heterocycles. The number of anilines is 2. The van der Waals surface area contributed by atoms with Crippen LogP contribution in [0.3, 0.4) is 0 Å². The molecule has 1 aromatic carbocycles. The van der Waals surface area contributed by atoms with Crippen LogP contribution in [0.4, 0.5) is 20.5 Å². The van der Waals surface area contributed by atoms with Crippen LogP contribution in [0, 0.1) is 6.92 Å². The number of morpholine rings is 1. The maximum absolute atomic E-state index is 14.2. The molecule has 1 atom stereocenters. The fourth-order valence-corrected chi connectivity index (χ4v) is 6.25. The normalized spacial score (nSPS) is 23.8. The summed E-state index contributed by atoms with van der Waals surface area (Å²) in [6, 6.07) is 7.49. The lowest BCUT2D eigenvalue weighted by Crippen LogP contribution is -2.47. The summed E-state index contributed by atoms with van der Waals surface area (Å²) < 4.78 is 35.4. The highest BCUT2D eigenvalue weighted by atomic mass is 19.3. The Balaban J connectivity index is 1.24. The van der Waals surface area contributed by atoms with E-state index in [1.807, 2.05) is 26.1 Å². The average Bonchev–Trinajstić information content (AvgIpc) is 3.58. The number of likely N-dealkylation sites (N-methyl/N-ethyl adjacent to an activating group) is 1. The zero-order valence-electron chi connectivity index (χ0n) is 23.7. The first-order chi connectivity index (χ1) is 19.9. The summed E-state index contributed by atoms with van der Waals surface area (Å²) in [7, 11) is 2.01. The number of amides is 1. The van der Waals surface area contributed by atoms with E-state index in [2.05, 4.69) is 25.4 Å². The molecule has 0 unspecified atom stereocenters. The van der Waals surface area contributed by atoms with Gasteiger partial charge in [-0.25, -0.2) is 13.8 Å². The lowest BCUT2D eigenvalue weighted by atomic mass is 9.91. The Morgan fingerprint density at radius 2 is 1.71 bits per heavy atom. The van der Waals surface area contributed by atoms with Crippen LogP contribution in [0.5, 0.6) is 0 Å². The van der Waals surface area contributed by atoms with Crippen LogP contribution in [0.15, 0.2) is 24.3 Å². The van der Waals surface area contributed by atoms with E-state index in [0.717, 1.165) is 50.6 Å². The molecule has 10 nitrogen and oxygen atoms in total. The van der Waals surface area contributed by atoms with Crippen molar-refractivity contribution < 1.29 is 18.3 Å². The van der Waals surface area contributed by atoms with Crippen molar-refractivity contribution >= 4 is 28.7 Å². The van der Waals surface area contributed by atoms with Crippen molar-refractivity contribution in [1.82, 2.24) is 29.7 Å². The van der Waals surface area contributed by atoms with E-state index in [1.54, 1.807) is 12.1 Å². The number of halogens is 2. The molecule has 1 saturated carbocycles. The van der Waals surface area contributed by atoms with Gasteiger partial charge in [0.2, 0.25) is 11.9 Å². The Bertz CT molecular complexity index is 1380. The first-order valence-electron chi connectivity index (χ1n) is 14.6. The first-order valence-corrected chi connectivity index (χ1v) is 14.6. The van der Waals surface area contributed by atoms with Gasteiger partial charge in [0.05, 0.1) is 30.3 Å². The fourth-order valence-electron chi connectivity index (χ4n) is 6.25. The van der Waals surface area contributed by atoms with Gasteiger partial charge in [-0.3, -0.25) is 14.3 Å². The van der Waals surface area contributed by atoms with E-state index in [9.17, 15) is 13.6 Å². The fraction of sp³-hybridized carbons (Fsp3) is 0.586. The van der Waals surface area contributed by atoms with Crippen LogP contribution < -0.4 is 15.5 Å². The minimum Gasteiger partial charge on any atom is -0.378 e. The third kappa shape index (κ3) is 5.99. The van der Waals surface area contributed by atoms with Crippen molar-refractivity contribution in [2.75, 3.05) is 50.1 Å². The SMILES string of the molecule is Cc1ccc2nc(C(F)F)n(-c3cc(N4CCOCC4)nc(N[C@H]4CC[C@H](NC(=O)[C@@H]5CCCN5C)CC4)n3)c2c1. The third-order valence-corrected chi connectivity index (χ3v) is 8.52. The van der Waals surface area contributed by atoms with E-state index < -0.39 is 6.43 Å². The molecule has 1 aliphatic carbocycles. The zero-order valence-corrected chi connectivity index (χ0v) is 23.7. The van der Waals surface area contributed by atoms with Crippen LogP contribution in [-0.4, -0.2) is 88.3 Å². The predicted molar refractivity (Wildman–Crippen MR) is 153 cm³/mol. The average molecular weight is 569 g/mol. The summed E-state index contributed by atoms with van der Waals surface area (Å²) in [6.07, 6.45) is 2.62. The number of benzene rings is 1. The second-order valence-corrected chi connectivity index (χ2v) is 11.4. The van der Waals surface area contributed by atoms with Crippen molar-refractivity contribution in [3.8, 4) is 5.82 Å². The van der Waals surface area contributed by atoms with Gasteiger partial charge in [0, 0.05) is 31.2 Å². The number of hydrogen-bond donors (Lipinski definition) is 2. The van der Waals surface area contributed by atoms with Gasteiger partial charge in [0.25, 0.3) is 6.43 Å². The van der Waals surface area contributed by atoms with E-state index in [-0.39, 0.29) is 29.9 Å². The number of fused-ring (bicyclic) bond motifs is 1. The number of ether oxygens (including phenoxy) is 1. The highest BCUT2D eigenvalue weighted by Gasteiger charge is 2.31. The molecule has 12 heteroatoms. The van der Waals surface area contributed by atoms with Gasteiger partial charge in [-0.1, -0.05) is 6.07 Å². The molecule has 220 valence electrons. The number of likely N-dealkylation sites (tertiary alicyclic amines) is 1. The maximum atomic E-state index is 14.2. The molecular weight excluding hydrogens is 530 g/mol. The summed E-state index contributed by atoms with van der Waals surface area (Å²) in [5.74, 6) is 1.21. The van der Waals surface area contributed by atoms with Crippen LogP contribution in [0.25, 0.3) is 16.9 Å². The highest BCUT2D eigenvalue weighted by molar-refractivity contribution is 5.82. The number of carbonyl (C=O) groups excluding carboxylic acids is 1. The van der Waals surface area contributed by atoms with E-state index >= 15 is 0 Å². The molecule has 3 aliphatic rings. The van der Waals surface area contributed by atoms with Gasteiger partial charge in [-0.05, 0) is 76.7 Å². The van der Waals surface area contributed by atoms with E-state index in [0.29, 0.717) is 54.9 Å². The molecule has 0 radical (unpaired) electrons. The molecule has 3 aromatic rings. The highest BCUT2D eigenvalue weighted by Crippen LogP contribution is 2.31. The Morgan fingerprint density at radius 3 is 2.41 bits per heavy atom. The molecule has 41 heavy (non-hydrogen) atoms. The summed E-state index contributed by atoms with van der Waals surface area (Å²) in [6.45, 7) is 5.35. The number of aryl methyl sites for hydroxylation is 1. The second-order valence-electron chi connectivity index (χ2n) is 11.4. The molecule has 4 heterocycles. The zero-order chi connectivity index (χ0) is 28.5. The smallest absolute Gasteiger partial charge is 0.296 e. The van der Waals surface area contributed by atoms with Crippen molar-refractivity contribution in [3.05, 3.63) is 35.7 Å². The van der Waals surface area contributed by atoms with Gasteiger partial charge in [0.15, 0.2) is 5.82 Å². The minimum atomic E-state index is -2.77. The van der Waals surface area contributed by atoms with Crippen LogP contribution in [-0.2, 0) is 9.53 Å². The lowest BCUT2D eigenvalue weighted by Gasteiger charge is -2.32. The maximum Gasteiger partial charge on any atom is 0.296 e. The number of rotatable bonds is 7. The number of imidazole rings is 1. The molecule has 0 spiro atoms. The summed E-state index contributed by atoms with van der Waals surface area (Å²) >= 11 is 0. The van der Waals surface area contributed by atoms with Crippen molar-refractivity contribution in [2.45, 2.75) is 70.0 Å². The predicted octanol–water partition coefficient (Wildman–Crippen LogP) is 3.83. The number of carbonyl (C=O) groups is 1. The van der Waals surface area contributed by atoms with Crippen molar-refractivity contribution in [3.63, 3.8) is 0 Å². The number of alkyl halides is 2. The molecular formula is C29H38F2N8O2. The van der Waals surface area contributed by atoms with Crippen LogP contribution in [0.2, 0.25) is 0 Å². The van der Waals surface area contributed by atoms with Gasteiger partial charge >= 0.3 is 0 Å². The van der Waals surface area contributed by atoms with Gasteiger partial charge in [-0.15, -0.1) is 0 Å². The lowest BCUT2D eigenvalue weighted by molar-refractivity contribution is -0.126. The summed E-state index contributed by atoms with van der Waals surface area (Å²) in [5, 5.41) is 6.74. The van der Waals surface area contributed by atoms with Gasteiger partial charge < -0.3 is 20.3 Å². The van der Waals surface area contributed by atoms with Gasteiger partial charge in [0.1, 0.15) is 11.6 Å². The first kappa shape index (κ1) is 27.8. The Hall–Kier alpha value is -3.38. The minimum absolute atomic E-state index is 0.0261. The molecule has 3 fully saturated rings. The number of nitrogens with one attached hydrogen (secondary N) is 2. The third-order valence-electron chi connectivity index (χ3n) is 8.52. The Kier molecular flexibility index (Phi) is 8.03. The summed E-state index contributed by atoms with van der Waals surface area (Å²) in [4.78, 5) is 30.8. The molecule has 2 saturated heterocycles. The summed E-state index contributed by atoms with van der Waals surface area (Å²) in [5.41, 5.74) is 2.03. The standard InChI is InChI=1S/C29H38F2N8O2/c1-18-5-10-21-23(16-18)39(27(34-21)26(30)31)25-17-24(38-12-14-41-15-13-38)35-29(36-25)33-20-8-6-19(7-9-20)32-28(40)22-4-3-11-37(22)2/h5,10,16-17,19-20,22,26H,3-4,6-9,11-15H2,1-2H3,(H,32,40)(H,33,35,36)/t19-,20-,22-/m0/s1. The number of nitrogens with zero attached hydrogens (tertiary/aromatic N) is 6. The second kappa shape index (κ2) is 11.8. The Labute approximate surface area is 238 Å². The largest absolute Gasteiger partial charge is 0.378 e. The van der Waals surface area contributed by atoms with Gasteiger partial charge in [-0.2, -0.15) is 9.97 Å². The number of hydrogen-bond acceptors (Lipinski definition) is 8. The molecule has 1 amide bonds. The van der Waals surface area contributed by atoms with Crippen LogP contribution >= 0.6 is 0 Å². The van der Waals surface area contributed by atoms with E-state index in [1.165, 1.54) is 4.57 Å².